The zero-order valence-corrected chi connectivity index (χ0v) is 19.2. The summed E-state index contributed by atoms with van der Waals surface area (Å²) in [5, 5.41) is 0. The average Bonchev–Trinajstić information content (AvgIpc) is 2.74. The third-order valence-electron chi connectivity index (χ3n) is 6.15. The highest BCUT2D eigenvalue weighted by atomic mass is 32.2. The van der Waals surface area contributed by atoms with E-state index < -0.39 is 10.0 Å². The molecule has 0 bridgehead atoms. The zero-order chi connectivity index (χ0) is 21.8. The second kappa shape index (κ2) is 9.50. The van der Waals surface area contributed by atoms with Crippen LogP contribution in [0.1, 0.15) is 44.2 Å². The van der Waals surface area contributed by atoms with E-state index in [9.17, 15) is 8.42 Å². The molecule has 0 unspecified atom stereocenters. The Hall–Kier alpha value is -1.89. The predicted octanol–water partition coefficient (Wildman–Crippen LogP) is 4.45. The van der Waals surface area contributed by atoms with Crippen molar-refractivity contribution in [2.24, 2.45) is 5.92 Å². The minimum atomic E-state index is -3.54. The van der Waals surface area contributed by atoms with Gasteiger partial charge in [-0.25, -0.2) is 13.1 Å². The van der Waals surface area contributed by atoms with Crippen LogP contribution < -0.4 is 9.46 Å². The van der Waals surface area contributed by atoms with Gasteiger partial charge in [0.2, 0.25) is 10.0 Å². The third-order valence-corrected chi connectivity index (χ3v) is 7.63. The summed E-state index contributed by atoms with van der Waals surface area (Å²) in [5.41, 5.74) is 1.97. The number of benzene rings is 2. The lowest BCUT2D eigenvalue weighted by molar-refractivity contribution is -0.0470. The van der Waals surface area contributed by atoms with Crippen LogP contribution in [0.25, 0.3) is 0 Å². The van der Waals surface area contributed by atoms with Gasteiger partial charge in [0.15, 0.2) is 0 Å². The molecule has 1 fully saturated rings. The van der Waals surface area contributed by atoms with Gasteiger partial charge >= 0.3 is 0 Å². The van der Waals surface area contributed by atoms with Crippen molar-refractivity contribution < 1.29 is 17.9 Å². The minimum absolute atomic E-state index is 0.136. The van der Waals surface area contributed by atoms with Gasteiger partial charge in [0.05, 0.1) is 18.1 Å². The van der Waals surface area contributed by atoms with E-state index in [0.29, 0.717) is 30.4 Å². The van der Waals surface area contributed by atoms with E-state index in [2.05, 4.69) is 24.6 Å². The Morgan fingerprint density at radius 3 is 2.53 bits per heavy atom. The largest absolute Gasteiger partial charge is 0.496 e. The molecule has 5 nitrogen and oxygen atoms in total. The Morgan fingerprint density at radius 2 is 1.87 bits per heavy atom. The summed E-state index contributed by atoms with van der Waals surface area (Å²) in [7, 11) is -1.86. The maximum absolute atomic E-state index is 12.8. The highest BCUT2D eigenvalue weighted by Crippen LogP contribution is 2.45. The molecule has 0 aromatic heterocycles. The SMILES string of the molecule is COc1ccccc1[C@]1(CCNS(=O)(=O)c2ccc(C)cc2)CCO[C@H](C(C)C)C1. The van der Waals surface area contributed by atoms with Gasteiger partial charge in [0, 0.05) is 24.1 Å². The molecule has 1 aliphatic heterocycles. The lowest BCUT2D eigenvalue weighted by atomic mass is 9.68. The highest BCUT2D eigenvalue weighted by Gasteiger charge is 2.41. The first-order chi connectivity index (χ1) is 14.3. The van der Waals surface area contributed by atoms with E-state index in [1.165, 1.54) is 0 Å². The first-order valence-corrected chi connectivity index (χ1v) is 12.1. The van der Waals surface area contributed by atoms with Gasteiger partial charge < -0.3 is 9.47 Å². The Labute approximate surface area is 180 Å². The molecule has 0 radical (unpaired) electrons. The fraction of sp³-hybridized carbons (Fsp3) is 0.500. The van der Waals surface area contributed by atoms with E-state index in [0.717, 1.165) is 29.7 Å². The summed E-state index contributed by atoms with van der Waals surface area (Å²) in [6.07, 6.45) is 2.50. The predicted molar refractivity (Wildman–Crippen MR) is 119 cm³/mol. The fourth-order valence-corrected chi connectivity index (χ4v) is 5.33. The number of hydrogen-bond acceptors (Lipinski definition) is 4. The topological polar surface area (TPSA) is 64.6 Å². The smallest absolute Gasteiger partial charge is 0.240 e. The van der Waals surface area contributed by atoms with Gasteiger partial charge in [-0.15, -0.1) is 0 Å². The van der Waals surface area contributed by atoms with Crippen LogP contribution in [-0.4, -0.2) is 34.8 Å². The molecule has 30 heavy (non-hydrogen) atoms. The monoisotopic (exact) mass is 431 g/mol. The number of methoxy groups -OCH3 is 1. The van der Waals surface area contributed by atoms with Crippen LogP contribution in [0.4, 0.5) is 0 Å². The van der Waals surface area contributed by atoms with Crippen molar-refractivity contribution in [3.8, 4) is 5.75 Å². The van der Waals surface area contributed by atoms with Crippen LogP contribution in [0.5, 0.6) is 5.75 Å². The van der Waals surface area contributed by atoms with Gasteiger partial charge in [-0.1, -0.05) is 49.7 Å². The van der Waals surface area contributed by atoms with Gasteiger partial charge in [-0.05, 0) is 50.3 Å². The molecule has 2 atom stereocenters. The highest BCUT2D eigenvalue weighted by molar-refractivity contribution is 7.89. The second-order valence-corrected chi connectivity index (χ2v) is 10.3. The summed E-state index contributed by atoms with van der Waals surface area (Å²) >= 11 is 0. The van der Waals surface area contributed by atoms with Crippen LogP contribution >= 0.6 is 0 Å². The molecule has 1 aliphatic rings. The van der Waals surface area contributed by atoms with Crippen molar-refractivity contribution in [1.82, 2.24) is 4.72 Å². The summed E-state index contributed by atoms with van der Waals surface area (Å²) < 4.78 is 40.0. The molecular weight excluding hydrogens is 398 g/mol. The summed E-state index contributed by atoms with van der Waals surface area (Å²) in [5.74, 6) is 1.24. The molecule has 0 aliphatic carbocycles. The lowest BCUT2D eigenvalue weighted by Crippen LogP contribution is -2.43. The lowest BCUT2D eigenvalue weighted by Gasteiger charge is -2.43. The van der Waals surface area contributed by atoms with Gasteiger partial charge in [-0.2, -0.15) is 0 Å². The Morgan fingerprint density at radius 1 is 1.17 bits per heavy atom. The zero-order valence-electron chi connectivity index (χ0n) is 18.4. The first kappa shape index (κ1) is 22.8. The number of para-hydroxylation sites is 1. The number of sulfonamides is 1. The van der Waals surface area contributed by atoms with Gasteiger partial charge in [-0.3, -0.25) is 0 Å². The van der Waals surface area contributed by atoms with E-state index in [1.807, 2.05) is 37.3 Å². The van der Waals surface area contributed by atoms with Crippen LogP contribution in [0, 0.1) is 12.8 Å². The van der Waals surface area contributed by atoms with Crippen LogP contribution in [0.15, 0.2) is 53.4 Å². The van der Waals surface area contributed by atoms with Crippen molar-refractivity contribution in [3.63, 3.8) is 0 Å². The van der Waals surface area contributed by atoms with E-state index in [1.54, 1.807) is 19.2 Å². The van der Waals surface area contributed by atoms with Crippen molar-refractivity contribution in [1.29, 1.82) is 0 Å². The molecule has 2 aromatic rings. The molecule has 0 amide bonds. The molecule has 1 saturated heterocycles. The molecule has 164 valence electrons. The fourth-order valence-electron chi connectivity index (χ4n) is 4.29. The van der Waals surface area contributed by atoms with Crippen LogP contribution in [0.3, 0.4) is 0 Å². The van der Waals surface area contributed by atoms with Gasteiger partial charge in [0.1, 0.15) is 5.75 Å². The van der Waals surface area contributed by atoms with E-state index >= 15 is 0 Å². The van der Waals surface area contributed by atoms with Crippen molar-refractivity contribution in [2.45, 2.75) is 56.4 Å². The Kier molecular flexibility index (Phi) is 7.22. The number of hydrogen-bond donors (Lipinski definition) is 1. The molecule has 2 aromatic carbocycles. The third kappa shape index (κ3) is 5.05. The molecule has 1 heterocycles. The van der Waals surface area contributed by atoms with Crippen LogP contribution in [0.2, 0.25) is 0 Å². The van der Waals surface area contributed by atoms with Crippen LogP contribution in [-0.2, 0) is 20.2 Å². The first-order valence-electron chi connectivity index (χ1n) is 10.6. The Balaban J connectivity index is 1.84. The number of rotatable bonds is 8. The second-order valence-electron chi connectivity index (χ2n) is 8.55. The molecule has 0 spiro atoms. The average molecular weight is 432 g/mol. The normalized spacial score (nSPS) is 22.2. The summed E-state index contributed by atoms with van der Waals surface area (Å²) in [6.45, 7) is 7.30. The standard InChI is InChI=1S/C24H33NO4S/c1-18(2)23-17-24(14-16-29-23,21-7-5-6-8-22(21)28-4)13-15-25-30(26,27)20-11-9-19(3)10-12-20/h5-12,18,23,25H,13-17H2,1-4H3/t23-,24+/m0/s1. The number of nitrogens with one attached hydrogen (secondary N) is 1. The summed E-state index contributed by atoms with van der Waals surface area (Å²) in [4.78, 5) is 0.298. The quantitative estimate of drug-likeness (QED) is 0.671. The molecule has 6 heteroatoms. The van der Waals surface area contributed by atoms with Crippen molar-refractivity contribution in [3.05, 3.63) is 59.7 Å². The number of aryl methyl sites for hydroxylation is 1. The minimum Gasteiger partial charge on any atom is -0.496 e. The molecular formula is C24H33NO4S. The molecule has 3 rings (SSSR count). The Bertz CT molecular complexity index is 940. The molecule has 0 saturated carbocycles. The summed E-state index contributed by atoms with van der Waals surface area (Å²) in [6, 6.07) is 15.0. The molecule has 1 N–H and O–H groups in total. The van der Waals surface area contributed by atoms with E-state index in [4.69, 9.17) is 9.47 Å². The number of ether oxygens (including phenoxy) is 2. The maximum Gasteiger partial charge on any atom is 0.240 e. The van der Waals surface area contributed by atoms with E-state index in [-0.39, 0.29) is 11.5 Å². The van der Waals surface area contributed by atoms with Crippen molar-refractivity contribution in [2.75, 3.05) is 20.3 Å². The van der Waals surface area contributed by atoms with Gasteiger partial charge in [0.25, 0.3) is 0 Å². The van der Waals surface area contributed by atoms with Crippen molar-refractivity contribution >= 4 is 10.0 Å². The maximum atomic E-state index is 12.8.